The highest BCUT2D eigenvalue weighted by Crippen LogP contribution is 2.33. The monoisotopic (exact) mass is 265 g/mol. The van der Waals surface area contributed by atoms with E-state index in [-0.39, 0.29) is 17.7 Å². The number of carbonyl (C=O) groups is 1. The maximum atomic E-state index is 12.1. The molecule has 0 radical (unpaired) electrons. The van der Waals surface area contributed by atoms with E-state index in [9.17, 15) is 4.79 Å². The van der Waals surface area contributed by atoms with Gasteiger partial charge >= 0.3 is 0 Å². The van der Waals surface area contributed by atoms with E-state index in [2.05, 4.69) is 4.99 Å². The van der Waals surface area contributed by atoms with E-state index in [0.29, 0.717) is 0 Å². The minimum atomic E-state index is -0.747. The SMILES string of the molecule is NC1=NC(c2ccccc2)c2ccccc2C(N)C1=O. The van der Waals surface area contributed by atoms with E-state index in [1.165, 1.54) is 0 Å². The minimum absolute atomic E-state index is 0.0115. The van der Waals surface area contributed by atoms with Crippen LogP contribution < -0.4 is 11.5 Å². The summed E-state index contributed by atoms with van der Waals surface area (Å²) in [6, 6.07) is 16.3. The van der Waals surface area contributed by atoms with Crippen molar-refractivity contribution in [3.8, 4) is 0 Å². The van der Waals surface area contributed by atoms with Gasteiger partial charge < -0.3 is 11.5 Å². The molecular weight excluding hydrogens is 250 g/mol. The van der Waals surface area contributed by atoms with Crippen LogP contribution in [0.2, 0.25) is 0 Å². The maximum Gasteiger partial charge on any atom is 0.218 e. The Balaban J connectivity index is 2.23. The molecule has 100 valence electrons. The first-order valence-corrected chi connectivity index (χ1v) is 6.45. The van der Waals surface area contributed by atoms with Gasteiger partial charge in [0.1, 0.15) is 6.04 Å². The molecule has 20 heavy (non-hydrogen) atoms. The third-order valence-electron chi connectivity index (χ3n) is 3.54. The number of benzene rings is 2. The summed E-state index contributed by atoms with van der Waals surface area (Å²) in [4.78, 5) is 16.5. The highest BCUT2D eigenvalue weighted by Gasteiger charge is 2.29. The van der Waals surface area contributed by atoms with Crippen molar-refractivity contribution in [3.05, 3.63) is 71.3 Å². The number of Topliss-reactive ketones (excluding diaryl/α,β-unsaturated/α-hetero) is 1. The van der Waals surface area contributed by atoms with Gasteiger partial charge in [0.15, 0.2) is 5.84 Å². The van der Waals surface area contributed by atoms with Crippen molar-refractivity contribution < 1.29 is 4.79 Å². The molecule has 0 fully saturated rings. The highest BCUT2D eigenvalue weighted by atomic mass is 16.1. The van der Waals surface area contributed by atoms with Crippen LogP contribution in [0.4, 0.5) is 0 Å². The van der Waals surface area contributed by atoms with Crippen LogP contribution in [-0.2, 0) is 4.79 Å². The number of amidine groups is 1. The van der Waals surface area contributed by atoms with E-state index in [0.717, 1.165) is 16.7 Å². The zero-order chi connectivity index (χ0) is 14.1. The summed E-state index contributed by atoms with van der Waals surface area (Å²) >= 11 is 0. The van der Waals surface area contributed by atoms with Crippen molar-refractivity contribution in [3.63, 3.8) is 0 Å². The van der Waals surface area contributed by atoms with Crippen molar-refractivity contribution in [2.75, 3.05) is 0 Å². The molecule has 0 bridgehead atoms. The Morgan fingerprint density at radius 2 is 1.50 bits per heavy atom. The molecule has 3 rings (SSSR count). The van der Waals surface area contributed by atoms with Crippen LogP contribution >= 0.6 is 0 Å². The van der Waals surface area contributed by atoms with E-state index in [1.807, 2.05) is 54.6 Å². The highest BCUT2D eigenvalue weighted by molar-refractivity contribution is 6.40. The number of carbonyl (C=O) groups excluding carboxylic acids is 1. The van der Waals surface area contributed by atoms with Gasteiger partial charge in [0.25, 0.3) is 0 Å². The first-order chi connectivity index (χ1) is 9.68. The van der Waals surface area contributed by atoms with Crippen LogP contribution in [0.5, 0.6) is 0 Å². The number of rotatable bonds is 1. The molecule has 2 atom stereocenters. The van der Waals surface area contributed by atoms with Gasteiger partial charge in [-0.1, -0.05) is 54.6 Å². The number of aliphatic imine (C=N–C) groups is 1. The lowest BCUT2D eigenvalue weighted by molar-refractivity contribution is -0.114. The van der Waals surface area contributed by atoms with Gasteiger partial charge in [0, 0.05) is 0 Å². The molecule has 4 N–H and O–H groups in total. The minimum Gasteiger partial charge on any atom is -0.381 e. The molecule has 0 saturated heterocycles. The summed E-state index contributed by atoms with van der Waals surface area (Å²) < 4.78 is 0. The van der Waals surface area contributed by atoms with Gasteiger partial charge in [-0.2, -0.15) is 0 Å². The Kier molecular flexibility index (Phi) is 3.08. The zero-order valence-electron chi connectivity index (χ0n) is 10.9. The lowest BCUT2D eigenvalue weighted by Crippen LogP contribution is -2.32. The number of hydrogen-bond acceptors (Lipinski definition) is 4. The largest absolute Gasteiger partial charge is 0.381 e. The second-order valence-corrected chi connectivity index (χ2v) is 4.80. The fraction of sp³-hybridized carbons (Fsp3) is 0.125. The van der Waals surface area contributed by atoms with Crippen LogP contribution in [0, 0.1) is 0 Å². The Morgan fingerprint density at radius 3 is 2.20 bits per heavy atom. The standard InChI is InChI=1S/C16H15N3O/c17-13-11-8-4-5-9-12(11)14(19-16(18)15(13)20)10-6-2-1-3-7-10/h1-9,13-14H,17H2,(H2,18,19). The van der Waals surface area contributed by atoms with E-state index in [1.54, 1.807) is 0 Å². The Morgan fingerprint density at radius 1 is 0.900 bits per heavy atom. The van der Waals surface area contributed by atoms with Crippen LogP contribution in [0.15, 0.2) is 59.6 Å². The third-order valence-corrected chi connectivity index (χ3v) is 3.54. The van der Waals surface area contributed by atoms with E-state index < -0.39 is 6.04 Å². The second kappa shape index (κ2) is 4.90. The molecular formula is C16H15N3O. The molecule has 4 heteroatoms. The van der Waals surface area contributed by atoms with Crippen molar-refractivity contribution in [1.29, 1.82) is 0 Å². The molecule has 0 aliphatic carbocycles. The normalized spacial score (nSPS) is 21.9. The van der Waals surface area contributed by atoms with Gasteiger partial charge in [-0.05, 0) is 16.7 Å². The molecule has 0 amide bonds. The summed E-state index contributed by atoms with van der Waals surface area (Å²) in [7, 11) is 0. The summed E-state index contributed by atoms with van der Waals surface area (Å²) in [6.45, 7) is 0. The lowest BCUT2D eigenvalue weighted by Gasteiger charge is -2.16. The quantitative estimate of drug-likeness (QED) is 0.823. The third kappa shape index (κ3) is 2.00. The lowest BCUT2D eigenvalue weighted by atomic mass is 9.92. The first-order valence-electron chi connectivity index (χ1n) is 6.45. The van der Waals surface area contributed by atoms with Gasteiger partial charge in [0.05, 0.1) is 6.04 Å². The zero-order valence-corrected chi connectivity index (χ0v) is 10.9. The topological polar surface area (TPSA) is 81.5 Å². The van der Waals surface area contributed by atoms with E-state index >= 15 is 0 Å². The number of ketones is 1. The van der Waals surface area contributed by atoms with Crippen molar-refractivity contribution in [1.82, 2.24) is 0 Å². The van der Waals surface area contributed by atoms with Gasteiger partial charge in [0.2, 0.25) is 5.78 Å². The van der Waals surface area contributed by atoms with E-state index in [4.69, 9.17) is 11.5 Å². The molecule has 1 aliphatic rings. The Labute approximate surface area is 117 Å². The second-order valence-electron chi connectivity index (χ2n) is 4.80. The number of hydrogen-bond donors (Lipinski definition) is 2. The fourth-order valence-corrected chi connectivity index (χ4v) is 2.51. The number of nitrogens with zero attached hydrogens (tertiary/aromatic N) is 1. The molecule has 2 aromatic rings. The first kappa shape index (κ1) is 12.6. The Hall–Kier alpha value is -2.46. The van der Waals surface area contributed by atoms with Crippen LogP contribution in [0.1, 0.15) is 28.8 Å². The van der Waals surface area contributed by atoms with Crippen molar-refractivity contribution in [2.24, 2.45) is 16.5 Å². The number of fused-ring (bicyclic) bond motifs is 1. The average molecular weight is 265 g/mol. The average Bonchev–Trinajstić information content (AvgIpc) is 2.60. The fourth-order valence-electron chi connectivity index (χ4n) is 2.51. The molecule has 2 unspecified atom stereocenters. The van der Waals surface area contributed by atoms with Gasteiger partial charge in [-0.25, -0.2) is 0 Å². The van der Waals surface area contributed by atoms with Crippen molar-refractivity contribution in [2.45, 2.75) is 12.1 Å². The van der Waals surface area contributed by atoms with Gasteiger partial charge in [-0.15, -0.1) is 0 Å². The molecule has 0 aromatic heterocycles. The predicted molar refractivity (Wildman–Crippen MR) is 78.3 cm³/mol. The van der Waals surface area contributed by atoms with Gasteiger partial charge in [-0.3, -0.25) is 9.79 Å². The summed E-state index contributed by atoms with van der Waals surface area (Å²) in [5.41, 5.74) is 14.5. The molecule has 2 aromatic carbocycles. The molecule has 1 heterocycles. The maximum absolute atomic E-state index is 12.1. The van der Waals surface area contributed by atoms with Crippen LogP contribution in [-0.4, -0.2) is 11.6 Å². The summed E-state index contributed by atoms with van der Waals surface area (Å²) in [6.07, 6.45) is 0. The molecule has 0 spiro atoms. The summed E-state index contributed by atoms with van der Waals surface area (Å²) in [5, 5.41) is 0. The van der Waals surface area contributed by atoms with Crippen LogP contribution in [0.3, 0.4) is 0 Å². The van der Waals surface area contributed by atoms with Crippen molar-refractivity contribution >= 4 is 11.6 Å². The summed E-state index contributed by atoms with van der Waals surface area (Å²) in [5.74, 6) is -0.335. The predicted octanol–water partition coefficient (Wildman–Crippen LogP) is 1.72. The molecule has 0 saturated carbocycles. The molecule has 1 aliphatic heterocycles. The smallest absolute Gasteiger partial charge is 0.218 e. The van der Waals surface area contributed by atoms with Crippen LogP contribution in [0.25, 0.3) is 0 Å². The number of nitrogens with two attached hydrogens (primary N) is 2. The Bertz CT molecular complexity index is 679. The molecule has 4 nitrogen and oxygen atoms in total.